The fraction of sp³-hybridized carbons (Fsp3) is 0.474. The Hall–Kier alpha value is -4.05. The maximum absolute atomic E-state index is 12.9. The first-order chi connectivity index (χ1) is 23.3. The van der Waals surface area contributed by atoms with Crippen molar-refractivity contribution >= 4 is 33.3 Å². The average Bonchev–Trinajstić information content (AvgIpc) is 3.08. The molecule has 9 nitrogen and oxygen atoms in total. The molecule has 0 spiro atoms. The zero-order valence-electron chi connectivity index (χ0n) is 28.6. The lowest BCUT2D eigenvalue weighted by Crippen LogP contribution is -2.29. The van der Waals surface area contributed by atoms with E-state index >= 15 is 0 Å². The highest BCUT2D eigenvalue weighted by Crippen LogP contribution is 2.37. The summed E-state index contributed by atoms with van der Waals surface area (Å²) in [5.74, 6) is 0.169. The lowest BCUT2D eigenvalue weighted by Gasteiger charge is -2.17. The molecule has 0 aliphatic carbocycles. The molecule has 3 aromatic carbocycles. The molecule has 262 valence electrons. The van der Waals surface area contributed by atoms with Gasteiger partial charge in [-0.05, 0) is 42.8 Å². The highest BCUT2D eigenvalue weighted by Gasteiger charge is 2.21. The van der Waals surface area contributed by atoms with Gasteiger partial charge >= 0.3 is 6.03 Å². The largest absolute Gasteiger partial charge is 0.490 e. The van der Waals surface area contributed by atoms with Gasteiger partial charge in [0, 0.05) is 18.2 Å². The Balaban J connectivity index is 1.57. The zero-order valence-corrected chi connectivity index (χ0v) is 29.4. The summed E-state index contributed by atoms with van der Waals surface area (Å²) in [6.07, 6.45) is 17.6. The number of benzene rings is 3. The second-order valence-electron chi connectivity index (χ2n) is 12.0. The molecule has 0 aliphatic heterocycles. The molecule has 0 aromatic heterocycles. The third-order valence-electron chi connectivity index (χ3n) is 7.94. The van der Waals surface area contributed by atoms with Crippen molar-refractivity contribution in [1.82, 2.24) is 4.72 Å². The number of ether oxygens (including phenoxy) is 2. The molecule has 0 unspecified atom stereocenters. The molecule has 3 amide bonds. The Labute approximate surface area is 287 Å². The molecule has 3 aromatic rings. The van der Waals surface area contributed by atoms with Gasteiger partial charge in [-0.3, -0.25) is 4.79 Å². The number of hydrogen-bond acceptors (Lipinski definition) is 6. The predicted molar refractivity (Wildman–Crippen MR) is 193 cm³/mol. The molecule has 10 heteroatoms. The monoisotopic (exact) mass is 679 g/mol. The number of hydrogen-bond donors (Lipinski definition) is 3. The van der Waals surface area contributed by atoms with Crippen molar-refractivity contribution in [2.24, 2.45) is 0 Å². The Morgan fingerprint density at radius 1 is 0.625 bits per heavy atom. The number of sulfonamides is 1. The van der Waals surface area contributed by atoms with Crippen molar-refractivity contribution in [1.29, 1.82) is 0 Å². The van der Waals surface area contributed by atoms with Crippen molar-refractivity contribution in [2.75, 3.05) is 17.2 Å². The summed E-state index contributed by atoms with van der Waals surface area (Å²) in [4.78, 5) is 24.5. The topological polar surface area (TPSA) is 123 Å². The van der Waals surface area contributed by atoms with Crippen molar-refractivity contribution < 1.29 is 27.5 Å². The van der Waals surface area contributed by atoms with Gasteiger partial charge in [0.15, 0.2) is 17.2 Å². The maximum atomic E-state index is 12.9. The number of para-hydroxylation sites is 3. The van der Waals surface area contributed by atoms with E-state index in [1.165, 1.54) is 88.8 Å². The van der Waals surface area contributed by atoms with Crippen molar-refractivity contribution in [2.45, 2.75) is 115 Å². The number of rotatable bonds is 23. The number of amides is 3. The van der Waals surface area contributed by atoms with Crippen LogP contribution in [0.2, 0.25) is 0 Å². The maximum Gasteiger partial charge on any atom is 0.323 e. The summed E-state index contributed by atoms with van der Waals surface area (Å²) in [6.45, 7) is 4.27. The van der Waals surface area contributed by atoms with Crippen molar-refractivity contribution in [3.63, 3.8) is 0 Å². The van der Waals surface area contributed by atoms with Gasteiger partial charge in [0.1, 0.15) is 0 Å². The van der Waals surface area contributed by atoms with E-state index in [2.05, 4.69) is 22.3 Å². The lowest BCUT2D eigenvalue weighted by molar-refractivity contribution is -0.119. The summed E-state index contributed by atoms with van der Waals surface area (Å²) >= 11 is 0. The Kier molecular flexibility index (Phi) is 17.4. The average molecular weight is 680 g/mol. The molecule has 0 bridgehead atoms. The van der Waals surface area contributed by atoms with E-state index < -0.39 is 22.0 Å². The van der Waals surface area contributed by atoms with Gasteiger partial charge in [-0.15, -0.1) is 0 Å². The van der Waals surface area contributed by atoms with E-state index in [1.54, 1.807) is 43.3 Å². The summed E-state index contributed by atoms with van der Waals surface area (Å²) in [5.41, 5.74) is 0.996. The Morgan fingerprint density at radius 2 is 1.21 bits per heavy atom. The van der Waals surface area contributed by atoms with Gasteiger partial charge in [-0.2, -0.15) is 0 Å². The molecule has 3 N–H and O–H groups in total. The number of unbranched alkanes of at least 4 members (excludes halogenated alkanes) is 13. The molecule has 0 radical (unpaired) electrons. The van der Waals surface area contributed by atoms with Crippen LogP contribution in [0.3, 0.4) is 0 Å². The molecule has 0 atom stereocenters. The minimum Gasteiger partial charge on any atom is -0.490 e. The van der Waals surface area contributed by atoms with Crippen molar-refractivity contribution in [3.8, 4) is 17.2 Å². The summed E-state index contributed by atoms with van der Waals surface area (Å²) in [7, 11) is -4.13. The van der Waals surface area contributed by atoms with Gasteiger partial charge in [0.05, 0.1) is 17.2 Å². The number of nitrogens with one attached hydrogen (secondary N) is 3. The van der Waals surface area contributed by atoms with Crippen LogP contribution in [0.25, 0.3) is 0 Å². The first-order valence-corrected chi connectivity index (χ1v) is 19.0. The number of urea groups is 1. The molecular formula is C38H53N3O6S. The van der Waals surface area contributed by atoms with E-state index in [1.807, 2.05) is 18.2 Å². The van der Waals surface area contributed by atoms with E-state index in [0.29, 0.717) is 23.7 Å². The van der Waals surface area contributed by atoms with E-state index in [-0.39, 0.29) is 22.8 Å². The van der Waals surface area contributed by atoms with Crippen LogP contribution in [0.5, 0.6) is 17.2 Å². The van der Waals surface area contributed by atoms with Gasteiger partial charge in [-0.25, -0.2) is 17.9 Å². The van der Waals surface area contributed by atoms with Crippen molar-refractivity contribution in [3.05, 3.63) is 72.8 Å². The molecule has 0 heterocycles. The number of carbonyl (C=O) groups is 2. The molecule has 0 saturated heterocycles. The van der Waals surface area contributed by atoms with E-state index in [9.17, 15) is 18.0 Å². The van der Waals surface area contributed by atoms with Crippen LogP contribution >= 0.6 is 0 Å². The highest BCUT2D eigenvalue weighted by atomic mass is 32.2. The summed E-state index contributed by atoms with van der Waals surface area (Å²) in [6, 6.07) is 19.6. The minimum absolute atomic E-state index is 0.0209. The Morgan fingerprint density at radius 3 is 1.83 bits per heavy atom. The first kappa shape index (κ1) is 38.4. The molecule has 3 rings (SSSR count). The van der Waals surface area contributed by atoms with Gasteiger partial charge < -0.3 is 20.1 Å². The van der Waals surface area contributed by atoms with Crippen LogP contribution in [0.15, 0.2) is 77.7 Å². The molecule has 48 heavy (non-hydrogen) atoms. The fourth-order valence-corrected chi connectivity index (χ4v) is 6.27. The molecule has 0 fully saturated rings. The fourth-order valence-electron chi connectivity index (χ4n) is 5.20. The first-order valence-electron chi connectivity index (χ1n) is 17.5. The van der Waals surface area contributed by atoms with Crippen LogP contribution in [-0.2, 0) is 14.8 Å². The van der Waals surface area contributed by atoms with E-state index in [0.717, 1.165) is 19.3 Å². The molecular weight excluding hydrogens is 626 g/mol. The second kappa shape index (κ2) is 21.8. The molecule has 0 saturated carbocycles. The lowest BCUT2D eigenvalue weighted by atomic mass is 10.0. The quantitative estimate of drug-likeness (QED) is 0.0857. The predicted octanol–water partition coefficient (Wildman–Crippen LogP) is 10.2. The zero-order chi connectivity index (χ0) is 34.5. The Bertz CT molecular complexity index is 1500. The van der Waals surface area contributed by atoms with Crippen LogP contribution in [0, 0.1) is 0 Å². The number of carbonyl (C=O) groups excluding carboxylic acids is 2. The van der Waals surface area contributed by atoms with Crippen LogP contribution in [-0.4, -0.2) is 27.0 Å². The molecule has 0 aliphatic rings. The third kappa shape index (κ3) is 14.4. The van der Waals surface area contributed by atoms with Gasteiger partial charge in [0.2, 0.25) is 5.91 Å². The van der Waals surface area contributed by atoms with Gasteiger partial charge in [0.25, 0.3) is 10.0 Å². The summed E-state index contributed by atoms with van der Waals surface area (Å²) < 4.78 is 40.2. The van der Waals surface area contributed by atoms with Crippen LogP contribution in [0.4, 0.5) is 16.2 Å². The summed E-state index contributed by atoms with van der Waals surface area (Å²) in [5, 5.41) is 5.55. The second-order valence-corrected chi connectivity index (χ2v) is 13.7. The SMILES string of the molecule is CCCCCCCCCCCCCCCCOc1ccc(S(=O)(=O)NC(=O)CC)cc1Oc1ccccc1NC(=O)Nc1ccccc1. The minimum atomic E-state index is -4.13. The third-order valence-corrected chi connectivity index (χ3v) is 9.31. The number of anilines is 2. The van der Waals surface area contributed by atoms with Gasteiger partial charge in [-0.1, -0.05) is 128 Å². The smallest absolute Gasteiger partial charge is 0.323 e. The van der Waals surface area contributed by atoms with Crippen LogP contribution in [0.1, 0.15) is 110 Å². The highest BCUT2D eigenvalue weighted by molar-refractivity contribution is 7.90. The van der Waals surface area contributed by atoms with E-state index in [4.69, 9.17) is 9.47 Å². The van der Waals surface area contributed by atoms with Crippen LogP contribution < -0.4 is 24.8 Å². The normalized spacial score (nSPS) is 11.1. The standard InChI is InChI=1S/C38H53N3O6S/c1-3-5-6-7-8-9-10-11-12-13-14-15-16-22-29-46-35-28-27-32(48(44,45)41-37(42)4-2)30-36(35)47-34-26-21-20-25-33(34)40-38(43)39-31-23-18-17-19-24-31/h17-21,23-28,30H,3-16,22,29H2,1-2H3,(H,41,42)(H2,39,40,43).